The largest absolute Gasteiger partial charge is 0.394 e. The molecule has 0 aromatic carbocycles. The van der Waals surface area contributed by atoms with Crippen molar-refractivity contribution in [2.45, 2.75) is 18.9 Å². The van der Waals surface area contributed by atoms with E-state index in [1.165, 1.54) is 0 Å². The van der Waals surface area contributed by atoms with Crippen molar-refractivity contribution in [1.82, 2.24) is 9.47 Å². The second-order valence-corrected chi connectivity index (χ2v) is 4.97. The lowest BCUT2D eigenvalue weighted by molar-refractivity contribution is 0.0668. The first-order valence-corrected chi connectivity index (χ1v) is 6.24. The number of nitrogens with zero attached hydrogens (tertiary/aromatic N) is 2. The molecule has 1 aromatic heterocycles. The van der Waals surface area contributed by atoms with Crippen LogP contribution in [0, 0.1) is 0 Å². The predicted octanol–water partition coefficient (Wildman–Crippen LogP) is 1.93. The van der Waals surface area contributed by atoms with Gasteiger partial charge >= 0.3 is 0 Å². The average molecular weight is 277 g/mol. The minimum atomic E-state index is -0.127. The van der Waals surface area contributed by atoms with E-state index in [1.807, 2.05) is 0 Å². The Hall–Kier alpha value is -0.710. The fourth-order valence-electron chi connectivity index (χ4n) is 2.19. The van der Waals surface area contributed by atoms with E-state index in [2.05, 4.69) is 0 Å². The number of aromatic nitrogens is 1. The Bertz CT molecular complexity index is 445. The van der Waals surface area contributed by atoms with E-state index in [4.69, 9.17) is 23.2 Å². The minimum Gasteiger partial charge on any atom is -0.394 e. The van der Waals surface area contributed by atoms with Gasteiger partial charge in [-0.2, -0.15) is 0 Å². The molecule has 0 spiro atoms. The van der Waals surface area contributed by atoms with Gasteiger partial charge in [-0.1, -0.05) is 23.2 Å². The lowest BCUT2D eigenvalue weighted by Crippen LogP contribution is -2.38. The number of carbonyl (C=O) groups is 1. The fraction of sp³-hybridized carbons (Fsp3) is 0.545. The molecule has 1 atom stereocenters. The van der Waals surface area contributed by atoms with E-state index in [0.29, 0.717) is 22.4 Å². The second-order valence-electron chi connectivity index (χ2n) is 4.20. The smallest absolute Gasteiger partial charge is 0.270 e. The molecular formula is C11H14Cl2N2O2. The molecule has 1 N–H and O–H groups in total. The molecule has 0 saturated carbocycles. The van der Waals surface area contributed by atoms with Crippen molar-refractivity contribution in [2.75, 3.05) is 13.2 Å². The third-order valence-electron chi connectivity index (χ3n) is 3.18. The van der Waals surface area contributed by atoms with Crippen LogP contribution in [-0.2, 0) is 7.05 Å². The van der Waals surface area contributed by atoms with Crippen LogP contribution in [0.1, 0.15) is 23.3 Å². The van der Waals surface area contributed by atoms with E-state index in [9.17, 15) is 9.90 Å². The summed E-state index contributed by atoms with van der Waals surface area (Å²) in [5.41, 5.74) is 0.459. The monoisotopic (exact) mass is 276 g/mol. The summed E-state index contributed by atoms with van der Waals surface area (Å²) < 4.78 is 1.57. The van der Waals surface area contributed by atoms with Gasteiger partial charge in [-0.3, -0.25) is 4.79 Å². The quantitative estimate of drug-likeness (QED) is 0.897. The molecule has 1 saturated heterocycles. The zero-order chi connectivity index (χ0) is 12.6. The van der Waals surface area contributed by atoms with E-state index in [0.717, 1.165) is 12.8 Å². The minimum absolute atomic E-state index is 0.00235. The summed E-state index contributed by atoms with van der Waals surface area (Å²) in [4.78, 5) is 14.0. The van der Waals surface area contributed by atoms with Crippen molar-refractivity contribution < 1.29 is 9.90 Å². The lowest BCUT2D eigenvalue weighted by Gasteiger charge is -2.23. The normalized spacial score (nSPS) is 20.0. The van der Waals surface area contributed by atoms with Crippen LogP contribution in [0.5, 0.6) is 0 Å². The summed E-state index contributed by atoms with van der Waals surface area (Å²) >= 11 is 11.8. The highest BCUT2D eigenvalue weighted by molar-refractivity contribution is 6.41. The molecule has 1 aliphatic rings. The molecule has 1 amide bonds. The predicted molar refractivity (Wildman–Crippen MR) is 66.6 cm³/mol. The topological polar surface area (TPSA) is 45.5 Å². The summed E-state index contributed by atoms with van der Waals surface area (Å²) in [6, 6.07) is 1.48. The average Bonchev–Trinajstić information content (AvgIpc) is 2.89. The lowest BCUT2D eigenvalue weighted by atomic mass is 10.2. The van der Waals surface area contributed by atoms with Crippen molar-refractivity contribution in [3.8, 4) is 0 Å². The van der Waals surface area contributed by atoms with E-state index in [1.54, 1.807) is 22.6 Å². The standard InChI is InChI=1S/C11H14Cl2N2O2/c1-14-9(5-8(12)10(14)13)11(17)15-4-2-3-7(15)6-16/h5,7,16H,2-4,6H2,1H3/t7-/m1/s1. The van der Waals surface area contributed by atoms with E-state index < -0.39 is 0 Å². The van der Waals surface area contributed by atoms with Crippen LogP contribution >= 0.6 is 23.2 Å². The third kappa shape index (κ3) is 2.17. The van der Waals surface area contributed by atoms with Crippen LogP contribution in [0.15, 0.2) is 6.07 Å². The number of amides is 1. The van der Waals surface area contributed by atoms with Gasteiger partial charge in [-0.25, -0.2) is 0 Å². The molecule has 17 heavy (non-hydrogen) atoms. The van der Waals surface area contributed by atoms with Crippen LogP contribution < -0.4 is 0 Å². The molecule has 0 unspecified atom stereocenters. The first-order chi connectivity index (χ1) is 8.06. The molecule has 0 aliphatic carbocycles. The zero-order valence-electron chi connectivity index (χ0n) is 9.49. The highest BCUT2D eigenvalue weighted by atomic mass is 35.5. The van der Waals surface area contributed by atoms with Gasteiger partial charge in [-0.15, -0.1) is 0 Å². The number of aliphatic hydroxyl groups is 1. The summed E-state index contributed by atoms with van der Waals surface area (Å²) in [6.07, 6.45) is 1.76. The number of hydrogen-bond acceptors (Lipinski definition) is 2. The molecule has 1 aromatic rings. The molecule has 6 heteroatoms. The molecule has 2 heterocycles. The van der Waals surface area contributed by atoms with Crippen molar-refractivity contribution in [1.29, 1.82) is 0 Å². The highest BCUT2D eigenvalue weighted by Gasteiger charge is 2.30. The van der Waals surface area contributed by atoms with Gasteiger partial charge in [0.05, 0.1) is 17.7 Å². The Morgan fingerprint density at radius 2 is 2.29 bits per heavy atom. The van der Waals surface area contributed by atoms with Gasteiger partial charge in [0, 0.05) is 13.6 Å². The number of carbonyl (C=O) groups excluding carboxylic acids is 1. The molecule has 0 radical (unpaired) electrons. The number of aliphatic hydroxyl groups excluding tert-OH is 1. The van der Waals surface area contributed by atoms with Gasteiger partial charge in [0.1, 0.15) is 10.8 Å². The molecule has 0 bridgehead atoms. The number of rotatable bonds is 2. The summed E-state index contributed by atoms with van der Waals surface area (Å²) in [7, 11) is 1.70. The van der Waals surface area contributed by atoms with Crippen LogP contribution in [0.3, 0.4) is 0 Å². The summed E-state index contributed by atoms with van der Waals surface area (Å²) in [5, 5.41) is 9.94. The summed E-state index contributed by atoms with van der Waals surface area (Å²) in [6.45, 7) is 0.669. The summed E-state index contributed by atoms with van der Waals surface area (Å²) in [5.74, 6) is -0.127. The van der Waals surface area contributed by atoms with Gasteiger partial charge < -0.3 is 14.6 Å². The van der Waals surface area contributed by atoms with Crippen LogP contribution in [0.2, 0.25) is 10.2 Å². The maximum Gasteiger partial charge on any atom is 0.270 e. The van der Waals surface area contributed by atoms with Crippen LogP contribution in [0.25, 0.3) is 0 Å². The van der Waals surface area contributed by atoms with E-state index in [-0.39, 0.29) is 18.6 Å². The molecule has 1 fully saturated rings. The molecule has 2 rings (SSSR count). The Morgan fingerprint density at radius 3 is 2.82 bits per heavy atom. The van der Waals surface area contributed by atoms with Crippen molar-refractivity contribution in [3.05, 3.63) is 21.9 Å². The maximum atomic E-state index is 12.3. The Morgan fingerprint density at radius 1 is 1.59 bits per heavy atom. The van der Waals surface area contributed by atoms with Crippen LogP contribution in [-0.4, -0.2) is 39.7 Å². The van der Waals surface area contributed by atoms with Gasteiger partial charge in [0.25, 0.3) is 5.91 Å². The number of halogens is 2. The number of likely N-dealkylation sites (tertiary alicyclic amines) is 1. The zero-order valence-corrected chi connectivity index (χ0v) is 11.0. The molecule has 1 aliphatic heterocycles. The Balaban J connectivity index is 2.28. The van der Waals surface area contributed by atoms with Crippen molar-refractivity contribution >= 4 is 29.1 Å². The second kappa shape index (κ2) is 4.88. The Kier molecular flexibility index (Phi) is 3.66. The van der Waals surface area contributed by atoms with Crippen LogP contribution in [0.4, 0.5) is 0 Å². The maximum absolute atomic E-state index is 12.3. The highest BCUT2D eigenvalue weighted by Crippen LogP contribution is 2.27. The Labute approximate surface area is 110 Å². The first kappa shape index (κ1) is 12.7. The van der Waals surface area contributed by atoms with Crippen molar-refractivity contribution in [2.24, 2.45) is 7.05 Å². The van der Waals surface area contributed by atoms with Crippen molar-refractivity contribution in [3.63, 3.8) is 0 Å². The van der Waals surface area contributed by atoms with Gasteiger partial charge in [-0.05, 0) is 18.9 Å². The van der Waals surface area contributed by atoms with Gasteiger partial charge in [0.2, 0.25) is 0 Å². The van der Waals surface area contributed by atoms with Gasteiger partial charge in [0.15, 0.2) is 0 Å². The number of hydrogen-bond donors (Lipinski definition) is 1. The molecule has 4 nitrogen and oxygen atoms in total. The first-order valence-electron chi connectivity index (χ1n) is 5.48. The SMILES string of the molecule is Cn1c(C(=O)N2CCC[C@@H]2CO)cc(Cl)c1Cl. The third-order valence-corrected chi connectivity index (χ3v) is 4.03. The molecular weight excluding hydrogens is 263 g/mol. The fourth-order valence-corrected chi connectivity index (χ4v) is 2.56. The van der Waals surface area contributed by atoms with E-state index >= 15 is 0 Å². The molecule has 94 valence electrons.